The summed E-state index contributed by atoms with van der Waals surface area (Å²) >= 11 is 0. The Bertz CT molecular complexity index is 724. The largest absolute Gasteiger partial charge is 0.395 e. The summed E-state index contributed by atoms with van der Waals surface area (Å²) in [5.41, 5.74) is 0.549. The molecule has 2 N–H and O–H groups in total. The number of hydrogen-bond donors (Lipinski definition) is 2. The molecule has 0 bridgehead atoms. The van der Waals surface area contributed by atoms with Crippen LogP contribution in [0.1, 0.15) is 13.8 Å². The molecule has 0 radical (unpaired) electrons. The Labute approximate surface area is 124 Å². The van der Waals surface area contributed by atoms with Gasteiger partial charge in [0.05, 0.1) is 6.61 Å². The maximum atomic E-state index is 12.9. The van der Waals surface area contributed by atoms with Gasteiger partial charge in [-0.1, -0.05) is 6.07 Å². The van der Waals surface area contributed by atoms with E-state index < -0.39 is 10.0 Å². The Morgan fingerprint density at radius 2 is 2.14 bits per heavy atom. The van der Waals surface area contributed by atoms with Gasteiger partial charge in [0.25, 0.3) is 10.0 Å². The molecule has 2 heterocycles. The molecule has 0 saturated heterocycles. The number of rotatable bonds is 6. The SMILES string of the molecule is CNc1nc2ccccn2c1S(=O)(=O)N(CCO)C(C)C. The third-order valence-electron chi connectivity index (χ3n) is 3.17. The molecule has 21 heavy (non-hydrogen) atoms. The summed E-state index contributed by atoms with van der Waals surface area (Å²) in [4.78, 5) is 4.28. The highest BCUT2D eigenvalue weighted by Crippen LogP contribution is 2.26. The number of aliphatic hydroxyl groups excluding tert-OH is 1. The fourth-order valence-electron chi connectivity index (χ4n) is 2.25. The van der Waals surface area contributed by atoms with Crippen molar-refractivity contribution in [3.05, 3.63) is 24.4 Å². The van der Waals surface area contributed by atoms with Crippen molar-refractivity contribution in [2.24, 2.45) is 0 Å². The molecule has 116 valence electrons. The third-order valence-corrected chi connectivity index (χ3v) is 5.27. The highest BCUT2D eigenvalue weighted by Gasteiger charge is 2.32. The van der Waals surface area contributed by atoms with E-state index in [2.05, 4.69) is 10.3 Å². The van der Waals surface area contributed by atoms with E-state index in [1.165, 1.54) is 8.71 Å². The molecule has 0 unspecified atom stereocenters. The lowest BCUT2D eigenvalue weighted by molar-refractivity contribution is 0.236. The quantitative estimate of drug-likeness (QED) is 0.822. The molecule has 0 amide bonds. The van der Waals surface area contributed by atoms with Gasteiger partial charge in [-0.25, -0.2) is 13.4 Å². The zero-order chi connectivity index (χ0) is 15.6. The first-order chi connectivity index (χ1) is 9.93. The van der Waals surface area contributed by atoms with Crippen LogP contribution in [0.25, 0.3) is 5.65 Å². The van der Waals surface area contributed by atoms with Gasteiger partial charge in [-0.3, -0.25) is 4.40 Å². The Hall–Kier alpha value is -1.64. The Morgan fingerprint density at radius 1 is 1.43 bits per heavy atom. The van der Waals surface area contributed by atoms with Crippen molar-refractivity contribution in [3.63, 3.8) is 0 Å². The van der Waals surface area contributed by atoms with Crippen LogP contribution in [-0.4, -0.2) is 53.5 Å². The van der Waals surface area contributed by atoms with Crippen LogP contribution in [0.2, 0.25) is 0 Å². The number of fused-ring (bicyclic) bond motifs is 1. The number of nitrogens with one attached hydrogen (secondary N) is 1. The number of aliphatic hydroxyl groups is 1. The zero-order valence-corrected chi connectivity index (χ0v) is 13.1. The maximum Gasteiger partial charge on any atom is 0.263 e. The summed E-state index contributed by atoms with van der Waals surface area (Å²) in [6, 6.07) is 5.03. The van der Waals surface area contributed by atoms with Crippen LogP contribution in [0.4, 0.5) is 5.82 Å². The highest BCUT2D eigenvalue weighted by atomic mass is 32.2. The fraction of sp³-hybridized carbons (Fsp3) is 0.462. The van der Waals surface area contributed by atoms with Crippen LogP contribution in [0, 0.1) is 0 Å². The molecule has 0 aliphatic rings. The number of anilines is 1. The van der Waals surface area contributed by atoms with E-state index in [4.69, 9.17) is 5.11 Å². The maximum absolute atomic E-state index is 12.9. The van der Waals surface area contributed by atoms with Gasteiger partial charge in [0.15, 0.2) is 10.8 Å². The number of hydrogen-bond acceptors (Lipinski definition) is 5. The van der Waals surface area contributed by atoms with E-state index >= 15 is 0 Å². The summed E-state index contributed by atoms with van der Waals surface area (Å²) in [5.74, 6) is 0.296. The molecule has 0 fully saturated rings. The minimum Gasteiger partial charge on any atom is -0.395 e. The number of nitrogens with zero attached hydrogens (tertiary/aromatic N) is 3. The Morgan fingerprint density at radius 3 is 2.71 bits per heavy atom. The van der Waals surface area contributed by atoms with Gasteiger partial charge in [0.2, 0.25) is 0 Å². The first-order valence-corrected chi connectivity index (χ1v) is 8.15. The Kier molecular flexibility index (Phi) is 4.50. The first-order valence-electron chi connectivity index (χ1n) is 6.71. The minimum absolute atomic E-state index is 0.0449. The molecule has 8 heteroatoms. The van der Waals surface area contributed by atoms with Gasteiger partial charge in [-0.05, 0) is 26.0 Å². The van der Waals surface area contributed by atoms with Gasteiger partial charge in [-0.15, -0.1) is 0 Å². The van der Waals surface area contributed by atoms with Crippen LogP contribution in [0.5, 0.6) is 0 Å². The normalized spacial score (nSPS) is 12.5. The van der Waals surface area contributed by atoms with Crippen molar-refractivity contribution in [1.29, 1.82) is 0 Å². The summed E-state index contributed by atoms with van der Waals surface area (Å²) in [6.07, 6.45) is 1.66. The summed E-state index contributed by atoms with van der Waals surface area (Å²) in [6.45, 7) is 3.36. The average molecular weight is 312 g/mol. The van der Waals surface area contributed by atoms with Crippen LogP contribution in [0.15, 0.2) is 29.4 Å². The van der Waals surface area contributed by atoms with Crippen molar-refractivity contribution in [2.75, 3.05) is 25.5 Å². The van der Waals surface area contributed by atoms with E-state index in [1.807, 2.05) is 0 Å². The lowest BCUT2D eigenvalue weighted by atomic mass is 10.4. The standard InChI is InChI=1S/C13H20N4O3S/c1-10(2)17(8-9-18)21(19,20)13-12(14-3)15-11-6-4-5-7-16(11)13/h4-7,10,14,18H,8-9H2,1-3H3. The Balaban J connectivity index is 2.68. The minimum atomic E-state index is -3.78. The van der Waals surface area contributed by atoms with Gasteiger partial charge in [0.1, 0.15) is 5.65 Å². The smallest absolute Gasteiger partial charge is 0.263 e. The second-order valence-corrected chi connectivity index (χ2v) is 6.68. The van der Waals surface area contributed by atoms with E-state index in [0.29, 0.717) is 11.5 Å². The summed E-state index contributed by atoms with van der Waals surface area (Å²) in [5, 5.41) is 12.1. The lowest BCUT2D eigenvalue weighted by Crippen LogP contribution is -2.39. The number of imidazole rings is 1. The lowest BCUT2D eigenvalue weighted by Gasteiger charge is -2.25. The monoisotopic (exact) mass is 312 g/mol. The predicted octanol–water partition coefficient (Wildman–Crippen LogP) is 0.767. The topological polar surface area (TPSA) is 86.9 Å². The molecule has 0 saturated carbocycles. The third kappa shape index (κ3) is 2.74. The van der Waals surface area contributed by atoms with Crippen molar-refractivity contribution < 1.29 is 13.5 Å². The van der Waals surface area contributed by atoms with Gasteiger partial charge < -0.3 is 10.4 Å². The van der Waals surface area contributed by atoms with E-state index in [9.17, 15) is 8.42 Å². The molecular formula is C13H20N4O3S. The number of pyridine rings is 1. The molecule has 0 spiro atoms. The zero-order valence-electron chi connectivity index (χ0n) is 12.3. The average Bonchev–Trinajstić information content (AvgIpc) is 2.83. The first kappa shape index (κ1) is 15.7. The van der Waals surface area contributed by atoms with Gasteiger partial charge >= 0.3 is 0 Å². The second-order valence-electron chi connectivity index (χ2n) is 4.88. The van der Waals surface area contributed by atoms with Crippen LogP contribution < -0.4 is 5.32 Å². The van der Waals surface area contributed by atoms with Crippen LogP contribution >= 0.6 is 0 Å². The van der Waals surface area contributed by atoms with Gasteiger partial charge in [0, 0.05) is 25.8 Å². The van der Waals surface area contributed by atoms with Crippen LogP contribution in [-0.2, 0) is 10.0 Å². The molecule has 0 aliphatic carbocycles. The van der Waals surface area contributed by atoms with E-state index in [0.717, 1.165) is 0 Å². The highest BCUT2D eigenvalue weighted by molar-refractivity contribution is 7.89. The summed E-state index contributed by atoms with van der Waals surface area (Å²) in [7, 11) is -2.15. The predicted molar refractivity (Wildman–Crippen MR) is 80.9 cm³/mol. The number of aromatic nitrogens is 2. The second kappa shape index (κ2) is 6.00. The van der Waals surface area contributed by atoms with Crippen molar-refractivity contribution in [2.45, 2.75) is 24.9 Å². The molecule has 2 aromatic rings. The molecule has 0 aliphatic heterocycles. The number of sulfonamides is 1. The van der Waals surface area contributed by atoms with Crippen molar-refractivity contribution in [1.82, 2.24) is 13.7 Å². The van der Waals surface area contributed by atoms with E-state index in [-0.39, 0.29) is 24.2 Å². The van der Waals surface area contributed by atoms with E-state index in [1.54, 1.807) is 45.3 Å². The van der Waals surface area contributed by atoms with Gasteiger partial charge in [-0.2, -0.15) is 4.31 Å². The van der Waals surface area contributed by atoms with Crippen molar-refractivity contribution in [3.8, 4) is 0 Å². The summed E-state index contributed by atoms with van der Waals surface area (Å²) < 4.78 is 28.7. The fourth-order valence-corrected chi connectivity index (χ4v) is 4.14. The molecule has 7 nitrogen and oxygen atoms in total. The molecule has 2 aromatic heterocycles. The van der Waals surface area contributed by atoms with Crippen LogP contribution in [0.3, 0.4) is 0 Å². The molecule has 2 rings (SSSR count). The molecular weight excluding hydrogens is 292 g/mol. The molecule has 0 aromatic carbocycles. The van der Waals surface area contributed by atoms with Crippen molar-refractivity contribution >= 4 is 21.5 Å². The molecule has 0 atom stereocenters.